The van der Waals surface area contributed by atoms with Gasteiger partial charge in [-0.15, -0.1) is 0 Å². The van der Waals surface area contributed by atoms with E-state index < -0.39 is 0 Å². The molecule has 2 nitrogen and oxygen atoms in total. The van der Waals surface area contributed by atoms with Crippen LogP contribution in [0.1, 0.15) is 134 Å². The van der Waals surface area contributed by atoms with Crippen molar-refractivity contribution in [1.82, 2.24) is 0 Å². The number of unbranched alkanes of at least 4 members (excludes halogenated alkanes) is 5. The van der Waals surface area contributed by atoms with Crippen LogP contribution in [0.2, 0.25) is 10.8 Å². The predicted molar refractivity (Wildman–Crippen MR) is 172 cm³/mol. The van der Waals surface area contributed by atoms with Crippen LogP contribution in [0.15, 0.2) is 59.7 Å². The summed E-state index contributed by atoms with van der Waals surface area (Å²) in [6.45, 7) is 13.4. The first-order chi connectivity index (χ1) is 19.6. The van der Waals surface area contributed by atoms with E-state index >= 15 is 0 Å². The summed E-state index contributed by atoms with van der Waals surface area (Å²) in [5.74, 6) is 0. The van der Waals surface area contributed by atoms with E-state index in [1.54, 1.807) is 4.70 Å². The van der Waals surface area contributed by atoms with E-state index in [-0.39, 0.29) is 0 Å². The Balaban J connectivity index is 0.00000103. The Morgan fingerprint density at radius 2 is 0.975 bits per heavy atom. The minimum absolute atomic E-state index is 1.01. The molecule has 40 heavy (non-hydrogen) atoms. The second kappa shape index (κ2) is 20.0. The Hall–Kier alpha value is -1.99. The molecule has 0 saturated carbocycles. The number of benzene rings is 2. The van der Waals surface area contributed by atoms with E-state index in [1.165, 1.54) is 71.6 Å². The van der Waals surface area contributed by atoms with Gasteiger partial charge in [0, 0.05) is 22.3 Å². The van der Waals surface area contributed by atoms with Crippen molar-refractivity contribution >= 4 is 11.4 Å². The predicted octanol–water partition coefficient (Wildman–Crippen LogP) is 12.3. The molecule has 0 atom stereocenters. The monoisotopic (exact) mass is 586 g/mol. The maximum absolute atomic E-state index is 11.8. The third kappa shape index (κ3) is 10.4. The molecule has 1 heterocycles. The van der Waals surface area contributed by atoms with E-state index in [1.807, 2.05) is 14.4 Å². The van der Waals surface area contributed by atoms with Crippen molar-refractivity contribution in [3.05, 3.63) is 87.5 Å². The minimum atomic E-state index is 1.01. The van der Waals surface area contributed by atoms with Gasteiger partial charge < -0.3 is 5.53 Å². The number of allylic oxidation sites excluding steroid dienone is 2. The van der Waals surface area contributed by atoms with Gasteiger partial charge in [0.1, 0.15) is 0 Å². The molecule has 3 rings (SSSR count). The summed E-state index contributed by atoms with van der Waals surface area (Å²) in [4.78, 5) is 0. The first-order valence-electron chi connectivity index (χ1n) is 16.1. The Morgan fingerprint density at radius 1 is 0.550 bits per heavy atom. The van der Waals surface area contributed by atoms with Gasteiger partial charge in [0.25, 0.3) is 0 Å². The van der Waals surface area contributed by atoms with Crippen LogP contribution in [0.25, 0.3) is 16.9 Å². The second-order valence-corrected chi connectivity index (χ2v) is 12.6. The SMILES string of the molecule is CCCCCC1=C(c2cccc(CCCC)c2)[N+](=[N-])C(c2cccc(CCCC)c2)=C1CCCC.C[CH2][Ni][CH2]C. The molecule has 0 aliphatic carbocycles. The van der Waals surface area contributed by atoms with Crippen molar-refractivity contribution in [3.63, 3.8) is 0 Å². The average Bonchev–Trinajstić information content (AvgIpc) is 3.25. The topological polar surface area (TPSA) is 25.3 Å². The number of hydrogen-bond donors (Lipinski definition) is 0. The molecular weight excluding hydrogens is 531 g/mol. The van der Waals surface area contributed by atoms with Gasteiger partial charge >= 0.3 is 39.1 Å². The van der Waals surface area contributed by atoms with Gasteiger partial charge in [-0.3, -0.25) is 0 Å². The zero-order chi connectivity index (χ0) is 29.2. The molecule has 1 aliphatic rings. The van der Waals surface area contributed by atoms with Gasteiger partial charge in [-0.2, -0.15) is 0 Å². The normalized spacial score (nSPS) is 13.3. The first kappa shape index (κ1) is 34.2. The molecule has 0 radical (unpaired) electrons. The number of nitrogens with zero attached hydrogens (tertiary/aromatic N) is 2. The van der Waals surface area contributed by atoms with Crippen LogP contribution in [0.5, 0.6) is 0 Å². The summed E-state index contributed by atoms with van der Waals surface area (Å²) >= 11 is 1.82. The van der Waals surface area contributed by atoms with E-state index in [2.05, 4.69) is 90.1 Å². The molecule has 224 valence electrons. The molecule has 0 fully saturated rings. The molecule has 0 bridgehead atoms. The second-order valence-electron chi connectivity index (χ2n) is 10.7. The maximum atomic E-state index is 11.8. The van der Waals surface area contributed by atoms with Gasteiger partial charge in [0.15, 0.2) is 0 Å². The van der Waals surface area contributed by atoms with Crippen molar-refractivity contribution in [3.8, 4) is 0 Å². The first-order valence-corrected chi connectivity index (χ1v) is 17.5. The van der Waals surface area contributed by atoms with E-state index in [9.17, 15) is 5.53 Å². The average molecular weight is 588 g/mol. The van der Waals surface area contributed by atoms with Crippen molar-refractivity contribution in [2.75, 3.05) is 0 Å². The Labute approximate surface area is 253 Å². The molecular formula is C37H56N2Ni. The fourth-order valence-corrected chi connectivity index (χ4v) is 5.85. The Bertz CT molecular complexity index is 1090. The van der Waals surface area contributed by atoms with E-state index in [0.717, 1.165) is 67.5 Å². The van der Waals surface area contributed by atoms with Crippen LogP contribution in [0, 0.1) is 0 Å². The van der Waals surface area contributed by atoms with E-state index in [4.69, 9.17) is 0 Å². The van der Waals surface area contributed by atoms with Gasteiger partial charge in [-0.05, 0) is 86.8 Å². The Kier molecular flexibility index (Phi) is 17.1. The molecule has 0 amide bonds. The van der Waals surface area contributed by atoms with Crippen LogP contribution in [0.3, 0.4) is 0 Å². The third-order valence-corrected chi connectivity index (χ3v) is 8.51. The molecule has 0 aromatic heterocycles. The van der Waals surface area contributed by atoms with Gasteiger partial charge in [0.2, 0.25) is 11.4 Å². The number of hydrogen-bond acceptors (Lipinski definition) is 0. The summed E-state index contributed by atoms with van der Waals surface area (Å²) in [6, 6.07) is 17.8. The molecule has 0 spiro atoms. The zero-order valence-corrected chi connectivity index (χ0v) is 27.4. The van der Waals surface area contributed by atoms with Crippen molar-refractivity contribution in [2.24, 2.45) is 0 Å². The molecule has 0 unspecified atom stereocenters. The van der Waals surface area contributed by atoms with Crippen LogP contribution < -0.4 is 0 Å². The molecule has 0 N–H and O–H groups in total. The Morgan fingerprint density at radius 3 is 1.38 bits per heavy atom. The van der Waals surface area contributed by atoms with E-state index in [0.29, 0.717) is 0 Å². The summed E-state index contributed by atoms with van der Waals surface area (Å²) < 4.78 is 1.55. The molecule has 3 heteroatoms. The van der Waals surface area contributed by atoms with Crippen LogP contribution in [-0.4, -0.2) is 4.70 Å². The van der Waals surface area contributed by atoms with Crippen molar-refractivity contribution in [2.45, 2.75) is 136 Å². The van der Waals surface area contributed by atoms with Crippen molar-refractivity contribution in [1.29, 1.82) is 0 Å². The van der Waals surface area contributed by atoms with Crippen LogP contribution in [0.4, 0.5) is 0 Å². The summed E-state index contributed by atoms with van der Waals surface area (Å²) in [7, 11) is 0. The zero-order valence-electron chi connectivity index (χ0n) is 26.4. The molecule has 1 aliphatic heterocycles. The summed E-state index contributed by atoms with van der Waals surface area (Å²) in [6.07, 6.45) is 14.9. The quantitative estimate of drug-likeness (QED) is 0.1000. The fourth-order valence-electron chi connectivity index (χ4n) is 5.36. The molecule has 2 aromatic carbocycles. The van der Waals surface area contributed by atoms with Gasteiger partial charge in [0.05, 0.1) is 0 Å². The summed E-state index contributed by atoms with van der Waals surface area (Å²) in [5.41, 5.74) is 21.6. The van der Waals surface area contributed by atoms with Crippen LogP contribution >= 0.6 is 0 Å². The molecule has 0 saturated heterocycles. The fraction of sp³-hybridized carbons (Fsp3) is 0.568. The standard InChI is InChI=1S/C33H46N2.2C2H5.Ni/c1-5-9-13-23-31-30(22-12-8-4)32(28-20-14-18-26(24-28)16-10-6-2)35(34)33(31)29-21-15-19-27(25-29)17-11-7-3;2*1-2;/h14-15,18-21,24-25H,5-13,16-17,22-23H2,1-4H3;2*1H2,2H3;. The van der Waals surface area contributed by atoms with Crippen molar-refractivity contribution < 1.29 is 19.1 Å². The third-order valence-electron chi connectivity index (χ3n) is 7.53. The van der Waals surface area contributed by atoms with Gasteiger partial charge in [-0.25, -0.2) is 4.70 Å². The number of aryl methyl sites for hydroxylation is 2. The van der Waals surface area contributed by atoms with Gasteiger partial charge in [-0.1, -0.05) is 84.1 Å². The summed E-state index contributed by atoms with van der Waals surface area (Å²) in [5, 5.41) is 2.56. The van der Waals surface area contributed by atoms with Crippen LogP contribution in [-0.2, 0) is 27.3 Å². The number of rotatable bonds is 17. The molecule has 2 aromatic rings.